The first-order valence-corrected chi connectivity index (χ1v) is 9.39. The topological polar surface area (TPSA) is 59.0 Å². The standard InChI is InChI=1S/C15H17ClN2O3S2/c1-4-21-12(19)9-15(2)18(17-14(22-3)23-15)13(20)10-5-7-11(16)8-6-10/h5-8H,4,9H2,1-3H3. The lowest BCUT2D eigenvalue weighted by Crippen LogP contribution is -2.43. The van der Waals surface area contributed by atoms with Crippen LogP contribution in [0.4, 0.5) is 0 Å². The summed E-state index contributed by atoms with van der Waals surface area (Å²) in [5, 5.41) is 6.28. The van der Waals surface area contributed by atoms with Gasteiger partial charge in [0.05, 0.1) is 13.0 Å². The molecule has 0 aliphatic carbocycles. The quantitative estimate of drug-likeness (QED) is 0.751. The monoisotopic (exact) mass is 372 g/mol. The molecule has 1 aromatic rings. The smallest absolute Gasteiger partial charge is 0.309 e. The SMILES string of the molecule is CCOC(=O)CC1(C)SC(SC)=NN1C(=O)c1ccc(Cl)cc1. The number of halogens is 1. The van der Waals surface area contributed by atoms with Crippen molar-refractivity contribution in [3.05, 3.63) is 34.9 Å². The van der Waals surface area contributed by atoms with Gasteiger partial charge in [0, 0.05) is 10.6 Å². The second-order valence-corrected chi connectivity index (χ2v) is 7.91. The van der Waals surface area contributed by atoms with Gasteiger partial charge in [-0.15, -0.1) is 11.8 Å². The van der Waals surface area contributed by atoms with Crippen molar-refractivity contribution in [1.82, 2.24) is 5.01 Å². The molecule has 1 amide bonds. The van der Waals surface area contributed by atoms with Gasteiger partial charge in [0.25, 0.3) is 5.91 Å². The molecule has 0 radical (unpaired) electrons. The number of rotatable bonds is 4. The molecule has 124 valence electrons. The van der Waals surface area contributed by atoms with E-state index >= 15 is 0 Å². The van der Waals surface area contributed by atoms with Crippen molar-refractivity contribution in [3.8, 4) is 0 Å². The second kappa shape index (κ2) is 7.59. The summed E-state index contributed by atoms with van der Waals surface area (Å²) in [4.78, 5) is 23.9. The lowest BCUT2D eigenvalue weighted by molar-refractivity contribution is -0.144. The van der Waals surface area contributed by atoms with Crippen LogP contribution in [0.2, 0.25) is 5.02 Å². The van der Waals surface area contributed by atoms with Crippen LogP contribution in [0.5, 0.6) is 0 Å². The zero-order valence-corrected chi connectivity index (χ0v) is 15.4. The van der Waals surface area contributed by atoms with E-state index in [4.69, 9.17) is 16.3 Å². The molecule has 8 heteroatoms. The molecule has 1 aliphatic rings. The Bertz CT molecular complexity index is 636. The van der Waals surface area contributed by atoms with Crippen LogP contribution >= 0.6 is 35.1 Å². The molecule has 0 N–H and O–H groups in total. The van der Waals surface area contributed by atoms with Crippen molar-refractivity contribution in [2.24, 2.45) is 5.10 Å². The normalized spacial score (nSPS) is 20.3. The summed E-state index contributed by atoms with van der Waals surface area (Å²) in [6.07, 6.45) is 1.95. The Labute approximate surface area is 148 Å². The van der Waals surface area contributed by atoms with Crippen LogP contribution in [0.15, 0.2) is 29.4 Å². The van der Waals surface area contributed by atoms with Gasteiger partial charge in [0.1, 0.15) is 4.87 Å². The molecule has 23 heavy (non-hydrogen) atoms. The van der Waals surface area contributed by atoms with Gasteiger partial charge in [-0.1, -0.05) is 23.4 Å². The van der Waals surface area contributed by atoms with Crippen LogP contribution in [0.3, 0.4) is 0 Å². The number of hydrogen-bond donors (Lipinski definition) is 0. The highest BCUT2D eigenvalue weighted by Crippen LogP contribution is 2.43. The molecule has 0 saturated heterocycles. The molecule has 1 atom stereocenters. The number of hydrazone groups is 1. The van der Waals surface area contributed by atoms with E-state index in [1.165, 1.54) is 28.5 Å². The van der Waals surface area contributed by atoms with Gasteiger partial charge in [-0.05, 0) is 44.4 Å². The maximum atomic E-state index is 12.8. The predicted molar refractivity (Wildman–Crippen MR) is 95.8 cm³/mol. The van der Waals surface area contributed by atoms with Crippen molar-refractivity contribution in [3.63, 3.8) is 0 Å². The lowest BCUT2D eigenvalue weighted by Gasteiger charge is -2.30. The molecular formula is C15H17ClN2O3S2. The van der Waals surface area contributed by atoms with E-state index in [1.807, 2.05) is 13.2 Å². The summed E-state index contributed by atoms with van der Waals surface area (Å²) in [5.74, 6) is -0.626. The third-order valence-corrected chi connectivity index (χ3v) is 5.62. The molecule has 1 unspecified atom stereocenters. The van der Waals surface area contributed by atoms with E-state index in [1.54, 1.807) is 31.2 Å². The van der Waals surface area contributed by atoms with E-state index in [2.05, 4.69) is 5.10 Å². The van der Waals surface area contributed by atoms with Gasteiger partial charge in [0.2, 0.25) is 0 Å². The van der Waals surface area contributed by atoms with Crippen molar-refractivity contribution in [2.75, 3.05) is 12.9 Å². The molecule has 0 aromatic heterocycles. The predicted octanol–water partition coefficient (Wildman–Crippen LogP) is 3.83. The van der Waals surface area contributed by atoms with Gasteiger partial charge >= 0.3 is 5.97 Å². The van der Waals surface area contributed by atoms with Gasteiger partial charge in [-0.3, -0.25) is 9.59 Å². The molecule has 0 bridgehead atoms. The third kappa shape index (κ3) is 4.22. The maximum absolute atomic E-state index is 12.8. The van der Waals surface area contributed by atoms with Crippen molar-refractivity contribution in [1.29, 1.82) is 0 Å². The van der Waals surface area contributed by atoms with Crippen LogP contribution in [-0.2, 0) is 9.53 Å². The summed E-state index contributed by atoms with van der Waals surface area (Å²) in [5.41, 5.74) is 0.469. The minimum Gasteiger partial charge on any atom is -0.466 e. The number of esters is 1. The second-order valence-electron chi connectivity index (χ2n) is 4.95. The van der Waals surface area contributed by atoms with Crippen LogP contribution < -0.4 is 0 Å². The Morgan fingerprint density at radius 2 is 2.04 bits per heavy atom. The largest absolute Gasteiger partial charge is 0.466 e. The molecule has 1 aromatic carbocycles. The fraction of sp³-hybridized carbons (Fsp3) is 0.400. The van der Waals surface area contributed by atoms with Crippen molar-refractivity contribution in [2.45, 2.75) is 25.1 Å². The highest BCUT2D eigenvalue weighted by atomic mass is 35.5. The fourth-order valence-electron chi connectivity index (χ4n) is 2.09. The number of ether oxygens (including phenoxy) is 1. The van der Waals surface area contributed by atoms with Gasteiger partial charge in [-0.25, -0.2) is 5.01 Å². The van der Waals surface area contributed by atoms with E-state index in [9.17, 15) is 9.59 Å². The average molecular weight is 373 g/mol. The summed E-state index contributed by atoms with van der Waals surface area (Å²) in [7, 11) is 0. The van der Waals surface area contributed by atoms with Crippen molar-refractivity contribution >= 4 is 51.4 Å². The van der Waals surface area contributed by atoms with Gasteiger partial charge in [0.15, 0.2) is 4.38 Å². The number of carbonyl (C=O) groups excluding carboxylic acids is 2. The first-order chi connectivity index (χ1) is 10.9. The van der Waals surface area contributed by atoms with Crippen molar-refractivity contribution < 1.29 is 14.3 Å². The molecule has 2 rings (SSSR count). The molecule has 1 aliphatic heterocycles. The number of nitrogens with zero attached hydrogens (tertiary/aromatic N) is 2. The third-order valence-electron chi connectivity index (χ3n) is 3.17. The number of amides is 1. The maximum Gasteiger partial charge on any atom is 0.309 e. The van der Waals surface area contributed by atoms with Gasteiger partial charge < -0.3 is 4.74 Å². The Kier molecular flexibility index (Phi) is 6.00. The van der Waals surface area contributed by atoms with E-state index in [-0.39, 0.29) is 18.3 Å². The fourth-order valence-corrected chi connectivity index (χ4v) is 4.15. The number of thioether (sulfide) groups is 2. The summed E-state index contributed by atoms with van der Waals surface area (Å²) in [6.45, 7) is 3.87. The van der Waals surface area contributed by atoms with E-state index in [0.717, 1.165) is 4.38 Å². The molecule has 1 heterocycles. The summed E-state index contributed by atoms with van der Waals surface area (Å²) >= 11 is 8.69. The van der Waals surface area contributed by atoms with Crippen LogP contribution in [0, 0.1) is 0 Å². The van der Waals surface area contributed by atoms with Crippen LogP contribution in [0.1, 0.15) is 30.6 Å². The molecule has 5 nitrogen and oxygen atoms in total. The Balaban J connectivity index is 2.27. The number of benzene rings is 1. The highest BCUT2D eigenvalue weighted by Gasteiger charge is 2.45. The number of carbonyl (C=O) groups is 2. The highest BCUT2D eigenvalue weighted by molar-refractivity contribution is 8.39. The minimum absolute atomic E-state index is 0.0679. The van der Waals surface area contributed by atoms with E-state index in [0.29, 0.717) is 17.2 Å². The molecule has 0 spiro atoms. The minimum atomic E-state index is -0.804. The first-order valence-electron chi connectivity index (χ1n) is 6.97. The molecule has 0 saturated carbocycles. The Morgan fingerprint density at radius 3 is 2.61 bits per heavy atom. The summed E-state index contributed by atoms with van der Waals surface area (Å²) in [6, 6.07) is 6.60. The number of hydrogen-bond acceptors (Lipinski definition) is 6. The van der Waals surface area contributed by atoms with E-state index < -0.39 is 4.87 Å². The van der Waals surface area contributed by atoms with Crippen LogP contribution in [-0.4, -0.2) is 39.0 Å². The van der Waals surface area contributed by atoms with Gasteiger partial charge in [-0.2, -0.15) is 5.10 Å². The Morgan fingerprint density at radius 1 is 1.39 bits per heavy atom. The van der Waals surface area contributed by atoms with Crippen LogP contribution in [0.25, 0.3) is 0 Å². The summed E-state index contributed by atoms with van der Waals surface area (Å²) < 4.78 is 5.76. The zero-order valence-electron chi connectivity index (χ0n) is 13.0. The Hall–Kier alpha value is -1.18. The zero-order chi connectivity index (χ0) is 17.0. The molecule has 0 fully saturated rings. The first kappa shape index (κ1) is 18.2. The average Bonchev–Trinajstić information content (AvgIpc) is 2.84. The molecular weight excluding hydrogens is 356 g/mol. The lowest BCUT2D eigenvalue weighted by atomic mass is 10.1.